The highest BCUT2D eigenvalue weighted by Crippen LogP contribution is 2.37. The number of halogens is 2. The summed E-state index contributed by atoms with van der Waals surface area (Å²) in [7, 11) is 0. The van der Waals surface area contributed by atoms with Crippen molar-refractivity contribution in [3.05, 3.63) is 80.6 Å². The number of fused-ring (bicyclic) bond motifs is 1. The zero-order valence-corrected chi connectivity index (χ0v) is 16.7. The highest BCUT2D eigenvalue weighted by Gasteiger charge is 2.32. The van der Waals surface area contributed by atoms with Gasteiger partial charge in [-0.2, -0.15) is 0 Å². The number of aliphatic imine (C=N–C) groups is 1. The summed E-state index contributed by atoms with van der Waals surface area (Å²) in [6, 6.07) is 11.5. The first-order valence-electron chi connectivity index (χ1n) is 8.24. The fourth-order valence-corrected chi connectivity index (χ4v) is 5.29. The Morgan fingerprint density at radius 2 is 2.04 bits per heavy atom. The summed E-state index contributed by atoms with van der Waals surface area (Å²) in [6.45, 7) is 1.91. The molecule has 3 aromatic rings. The van der Waals surface area contributed by atoms with E-state index in [4.69, 9.17) is 11.6 Å². The van der Waals surface area contributed by atoms with Crippen molar-refractivity contribution in [2.75, 3.05) is 0 Å². The molecule has 2 heterocycles. The monoisotopic (exact) mass is 416 g/mol. The van der Waals surface area contributed by atoms with Gasteiger partial charge in [-0.1, -0.05) is 53.7 Å². The van der Waals surface area contributed by atoms with Crippen molar-refractivity contribution in [1.29, 1.82) is 0 Å². The van der Waals surface area contributed by atoms with Gasteiger partial charge in [-0.15, -0.1) is 11.3 Å². The van der Waals surface area contributed by atoms with Crippen LogP contribution >= 0.6 is 34.7 Å². The predicted octanol–water partition coefficient (Wildman–Crippen LogP) is 5.89. The molecule has 0 bridgehead atoms. The number of carbonyl (C=O) groups excluding carboxylic acids is 1. The maximum Gasteiger partial charge on any atom is 0.211 e. The SMILES string of the molecule is Cc1cccc(Cl)c1C1N=Cc2sc(SCc3ccccc3F)nc2C1=O. The van der Waals surface area contributed by atoms with Crippen LogP contribution in [0.15, 0.2) is 51.8 Å². The third kappa shape index (κ3) is 3.57. The quantitative estimate of drug-likeness (QED) is 0.498. The van der Waals surface area contributed by atoms with Crippen LogP contribution in [-0.4, -0.2) is 17.0 Å². The lowest BCUT2D eigenvalue weighted by Crippen LogP contribution is -2.18. The van der Waals surface area contributed by atoms with Crippen molar-refractivity contribution < 1.29 is 9.18 Å². The number of hydrogen-bond donors (Lipinski definition) is 0. The van der Waals surface area contributed by atoms with Gasteiger partial charge in [0.1, 0.15) is 17.6 Å². The van der Waals surface area contributed by atoms with E-state index in [9.17, 15) is 9.18 Å². The van der Waals surface area contributed by atoms with Crippen LogP contribution in [0.1, 0.15) is 38.1 Å². The van der Waals surface area contributed by atoms with Crippen LogP contribution < -0.4 is 0 Å². The van der Waals surface area contributed by atoms with E-state index in [0.717, 1.165) is 20.3 Å². The summed E-state index contributed by atoms with van der Waals surface area (Å²) >= 11 is 9.12. The van der Waals surface area contributed by atoms with Gasteiger partial charge in [-0.25, -0.2) is 9.37 Å². The highest BCUT2D eigenvalue weighted by molar-refractivity contribution is 8.00. The number of benzene rings is 2. The topological polar surface area (TPSA) is 42.3 Å². The minimum Gasteiger partial charge on any atom is -0.290 e. The summed E-state index contributed by atoms with van der Waals surface area (Å²) in [4.78, 5) is 22.6. The van der Waals surface area contributed by atoms with Crippen molar-refractivity contribution in [1.82, 2.24) is 4.98 Å². The average Bonchev–Trinajstić information content (AvgIpc) is 3.07. The van der Waals surface area contributed by atoms with Gasteiger partial charge in [0.2, 0.25) is 5.78 Å². The lowest BCUT2D eigenvalue weighted by Gasteiger charge is -2.17. The Hall–Kier alpha value is -2.02. The van der Waals surface area contributed by atoms with Crippen molar-refractivity contribution in [3.8, 4) is 0 Å². The summed E-state index contributed by atoms with van der Waals surface area (Å²) in [5.74, 6) is 0.0631. The van der Waals surface area contributed by atoms with E-state index in [1.54, 1.807) is 30.5 Å². The van der Waals surface area contributed by atoms with Crippen molar-refractivity contribution >= 4 is 46.7 Å². The van der Waals surface area contributed by atoms with Crippen LogP contribution in [0.2, 0.25) is 5.02 Å². The Morgan fingerprint density at radius 3 is 2.81 bits per heavy atom. The largest absolute Gasteiger partial charge is 0.290 e. The van der Waals surface area contributed by atoms with Crippen LogP contribution in [0.4, 0.5) is 4.39 Å². The molecule has 136 valence electrons. The van der Waals surface area contributed by atoms with Gasteiger partial charge in [0.15, 0.2) is 4.34 Å². The third-order valence-corrected chi connectivity index (χ3v) is 6.82. The minimum atomic E-state index is -0.669. The Bertz CT molecular complexity index is 1040. The molecule has 1 aliphatic heterocycles. The van der Waals surface area contributed by atoms with Crippen LogP contribution in [-0.2, 0) is 5.75 Å². The number of rotatable bonds is 4. The number of Topliss-reactive ketones (excluding diaryl/α,β-unsaturated/α-hetero) is 1. The molecule has 27 heavy (non-hydrogen) atoms. The molecule has 3 nitrogen and oxygen atoms in total. The molecule has 1 aliphatic rings. The fourth-order valence-electron chi connectivity index (χ4n) is 2.93. The minimum absolute atomic E-state index is 0.155. The molecule has 0 amide bonds. The summed E-state index contributed by atoms with van der Waals surface area (Å²) in [5, 5.41) is 0.526. The second-order valence-corrected chi connectivity index (χ2v) is 8.75. The van der Waals surface area contributed by atoms with Gasteiger partial charge in [0.05, 0.1) is 4.88 Å². The van der Waals surface area contributed by atoms with Crippen molar-refractivity contribution in [3.63, 3.8) is 0 Å². The van der Waals surface area contributed by atoms with Gasteiger partial charge in [0, 0.05) is 22.6 Å². The maximum atomic E-state index is 13.8. The molecule has 0 N–H and O–H groups in total. The number of thiazole rings is 1. The number of nitrogens with zero attached hydrogens (tertiary/aromatic N) is 2. The van der Waals surface area contributed by atoms with Gasteiger partial charge < -0.3 is 0 Å². The molecule has 4 rings (SSSR count). The smallest absolute Gasteiger partial charge is 0.211 e. The van der Waals surface area contributed by atoms with E-state index in [0.29, 0.717) is 22.0 Å². The first-order valence-corrected chi connectivity index (χ1v) is 10.4. The average molecular weight is 417 g/mol. The first kappa shape index (κ1) is 18.3. The van der Waals surface area contributed by atoms with Crippen LogP contribution in [0.5, 0.6) is 0 Å². The van der Waals surface area contributed by atoms with Gasteiger partial charge in [-0.05, 0) is 30.2 Å². The summed E-state index contributed by atoms with van der Waals surface area (Å²) in [6.07, 6.45) is 1.69. The van der Waals surface area contributed by atoms with Crippen molar-refractivity contribution in [2.45, 2.75) is 23.1 Å². The molecule has 1 atom stereocenters. The Kier molecular flexibility index (Phi) is 5.12. The molecule has 7 heteroatoms. The Morgan fingerprint density at radius 1 is 1.22 bits per heavy atom. The zero-order chi connectivity index (χ0) is 19.0. The number of thioether (sulfide) groups is 1. The van der Waals surface area contributed by atoms with Gasteiger partial charge in [0.25, 0.3) is 0 Å². The Labute approximate surface area is 169 Å². The molecule has 0 saturated carbocycles. The van der Waals surface area contributed by atoms with Crippen LogP contribution in [0.3, 0.4) is 0 Å². The number of carbonyl (C=O) groups is 1. The number of ketones is 1. The van der Waals surface area contributed by atoms with E-state index in [1.807, 2.05) is 19.1 Å². The van der Waals surface area contributed by atoms with Crippen LogP contribution in [0.25, 0.3) is 0 Å². The molecular weight excluding hydrogens is 403 g/mol. The molecule has 1 unspecified atom stereocenters. The van der Waals surface area contributed by atoms with Crippen molar-refractivity contribution in [2.24, 2.45) is 4.99 Å². The van der Waals surface area contributed by atoms with E-state index < -0.39 is 6.04 Å². The molecule has 0 saturated heterocycles. The second kappa shape index (κ2) is 7.54. The maximum absolute atomic E-state index is 13.8. The predicted molar refractivity (Wildman–Crippen MR) is 109 cm³/mol. The number of hydrogen-bond acceptors (Lipinski definition) is 5. The molecule has 0 spiro atoms. The van der Waals surface area contributed by atoms with E-state index in [2.05, 4.69) is 9.98 Å². The lowest BCUT2D eigenvalue weighted by molar-refractivity contribution is 0.0955. The molecular formula is C20H14ClFN2OS2. The van der Waals surface area contributed by atoms with Crippen LogP contribution in [0, 0.1) is 12.7 Å². The summed E-state index contributed by atoms with van der Waals surface area (Å²) in [5.41, 5.74) is 2.67. The summed E-state index contributed by atoms with van der Waals surface area (Å²) < 4.78 is 14.5. The lowest BCUT2D eigenvalue weighted by atomic mass is 9.95. The second-order valence-electron chi connectivity index (χ2n) is 6.09. The van der Waals surface area contributed by atoms with Gasteiger partial charge >= 0.3 is 0 Å². The number of aromatic nitrogens is 1. The highest BCUT2D eigenvalue weighted by atomic mass is 35.5. The van der Waals surface area contributed by atoms with E-state index >= 15 is 0 Å². The standard InChI is InChI=1S/C20H14ClFN2OS2/c1-11-5-4-7-13(21)16(11)18-19(25)17-15(9-23-18)27-20(24-17)26-10-12-6-2-3-8-14(12)22/h2-9,18H,10H2,1H3. The molecule has 0 radical (unpaired) electrons. The molecule has 2 aromatic carbocycles. The van der Waals surface area contributed by atoms with Gasteiger partial charge in [-0.3, -0.25) is 9.79 Å². The number of aryl methyl sites for hydroxylation is 1. The molecule has 0 fully saturated rings. The normalized spacial score (nSPS) is 15.8. The Balaban J connectivity index is 1.58. The molecule has 1 aromatic heterocycles. The fraction of sp³-hybridized carbons (Fsp3) is 0.150. The van der Waals surface area contributed by atoms with E-state index in [-0.39, 0.29) is 11.6 Å². The van der Waals surface area contributed by atoms with E-state index in [1.165, 1.54) is 29.2 Å². The zero-order valence-electron chi connectivity index (χ0n) is 14.3. The third-order valence-electron chi connectivity index (χ3n) is 4.31. The molecule has 0 aliphatic carbocycles. The first-order chi connectivity index (χ1) is 13.0.